The second-order valence-electron chi connectivity index (χ2n) is 5.82. The Labute approximate surface area is 175 Å². The van der Waals surface area contributed by atoms with Crippen LogP contribution in [0.15, 0.2) is 42.5 Å². The van der Waals surface area contributed by atoms with Gasteiger partial charge in [0, 0.05) is 16.4 Å². The number of hydrogen-bond donors (Lipinski definition) is 2. The van der Waals surface area contributed by atoms with Crippen molar-refractivity contribution in [2.75, 3.05) is 10.6 Å². The fourth-order valence-corrected chi connectivity index (χ4v) is 2.78. The standard InChI is InChI=1S/C18H14Cl3N5O2/c1-10-17(18(28)23-13-6-7-14(20)15(21)8-13)24-25-26(10)9-16(27)22-12-4-2-11(19)3-5-12/h2-8H,9H2,1H3,(H,22,27)(H,23,28). The zero-order valence-corrected chi connectivity index (χ0v) is 16.8. The smallest absolute Gasteiger partial charge is 0.278 e. The molecule has 0 aliphatic heterocycles. The van der Waals surface area contributed by atoms with Gasteiger partial charge in [-0.3, -0.25) is 9.59 Å². The highest BCUT2D eigenvalue weighted by Gasteiger charge is 2.18. The summed E-state index contributed by atoms with van der Waals surface area (Å²) in [6, 6.07) is 11.4. The summed E-state index contributed by atoms with van der Waals surface area (Å²) < 4.78 is 1.34. The van der Waals surface area contributed by atoms with Gasteiger partial charge < -0.3 is 10.6 Å². The van der Waals surface area contributed by atoms with Gasteiger partial charge in [-0.15, -0.1) is 5.10 Å². The Bertz CT molecular complexity index is 1030. The molecule has 1 aromatic heterocycles. The highest BCUT2D eigenvalue weighted by molar-refractivity contribution is 6.42. The van der Waals surface area contributed by atoms with Crippen LogP contribution in [-0.4, -0.2) is 26.8 Å². The van der Waals surface area contributed by atoms with Crippen molar-refractivity contribution in [3.05, 3.63) is 68.9 Å². The predicted molar refractivity (Wildman–Crippen MR) is 109 cm³/mol. The van der Waals surface area contributed by atoms with Crippen molar-refractivity contribution >= 4 is 58.0 Å². The first-order valence-corrected chi connectivity index (χ1v) is 9.19. The van der Waals surface area contributed by atoms with Crippen molar-refractivity contribution in [3.63, 3.8) is 0 Å². The normalized spacial score (nSPS) is 10.6. The number of rotatable bonds is 5. The molecular formula is C18H14Cl3N5O2. The molecule has 7 nitrogen and oxygen atoms in total. The highest BCUT2D eigenvalue weighted by Crippen LogP contribution is 2.25. The SMILES string of the molecule is Cc1c(C(=O)Nc2ccc(Cl)c(Cl)c2)nnn1CC(=O)Nc1ccc(Cl)cc1. The van der Waals surface area contributed by atoms with E-state index in [0.717, 1.165) is 0 Å². The molecule has 0 fully saturated rings. The van der Waals surface area contributed by atoms with Crippen LogP contribution >= 0.6 is 34.8 Å². The Hall–Kier alpha value is -2.61. The summed E-state index contributed by atoms with van der Waals surface area (Å²) in [6.07, 6.45) is 0. The predicted octanol–water partition coefficient (Wildman–Crippen LogP) is 4.44. The third-order valence-electron chi connectivity index (χ3n) is 3.80. The number of nitrogens with zero attached hydrogens (tertiary/aromatic N) is 3. The molecule has 0 saturated heterocycles. The van der Waals surface area contributed by atoms with Crippen LogP contribution in [0.25, 0.3) is 0 Å². The van der Waals surface area contributed by atoms with Crippen LogP contribution in [0.1, 0.15) is 16.2 Å². The van der Waals surface area contributed by atoms with Crippen LogP contribution in [0.4, 0.5) is 11.4 Å². The van der Waals surface area contributed by atoms with Gasteiger partial charge in [0.05, 0.1) is 15.7 Å². The van der Waals surface area contributed by atoms with Gasteiger partial charge in [0.2, 0.25) is 5.91 Å². The minimum absolute atomic E-state index is 0.0957. The van der Waals surface area contributed by atoms with Gasteiger partial charge in [-0.2, -0.15) is 0 Å². The summed E-state index contributed by atoms with van der Waals surface area (Å²) in [4.78, 5) is 24.6. The molecule has 1 heterocycles. The second kappa shape index (κ2) is 8.60. The van der Waals surface area contributed by atoms with Gasteiger partial charge in [-0.05, 0) is 49.4 Å². The first kappa shape index (κ1) is 20.1. The molecule has 0 aliphatic rings. The van der Waals surface area contributed by atoms with Crippen LogP contribution in [0, 0.1) is 6.92 Å². The van der Waals surface area contributed by atoms with Crippen LogP contribution < -0.4 is 10.6 Å². The lowest BCUT2D eigenvalue weighted by Gasteiger charge is -2.07. The van der Waals surface area contributed by atoms with Crippen LogP contribution in [0.5, 0.6) is 0 Å². The number of halogens is 3. The minimum atomic E-state index is -0.472. The van der Waals surface area contributed by atoms with Gasteiger partial charge in [0.1, 0.15) is 6.54 Å². The minimum Gasteiger partial charge on any atom is -0.324 e. The summed E-state index contributed by atoms with van der Waals surface area (Å²) in [5.74, 6) is -0.785. The maximum Gasteiger partial charge on any atom is 0.278 e. The van der Waals surface area contributed by atoms with Gasteiger partial charge in [0.15, 0.2) is 5.69 Å². The average molecular weight is 439 g/mol. The molecule has 0 radical (unpaired) electrons. The maximum absolute atomic E-state index is 12.4. The van der Waals surface area contributed by atoms with Gasteiger partial charge in [-0.1, -0.05) is 40.0 Å². The second-order valence-corrected chi connectivity index (χ2v) is 7.07. The lowest BCUT2D eigenvalue weighted by Crippen LogP contribution is -2.21. The maximum atomic E-state index is 12.4. The van der Waals surface area contributed by atoms with Crippen molar-refractivity contribution in [1.29, 1.82) is 0 Å². The molecule has 28 heavy (non-hydrogen) atoms. The number of carbonyl (C=O) groups is 2. The molecule has 0 bridgehead atoms. The summed E-state index contributed by atoms with van der Waals surface area (Å²) in [7, 11) is 0. The van der Waals surface area contributed by atoms with E-state index < -0.39 is 5.91 Å². The van der Waals surface area contributed by atoms with Crippen molar-refractivity contribution in [3.8, 4) is 0 Å². The van der Waals surface area contributed by atoms with Crippen LogP contribution in [0.2, 0.25) is 15.1 Å². The molecule has 0 saturated carbocycles. The fourth-order valence-electron chi connectivity index (χ4n) is 2.35. The Balaban J connectivity index is 1.67. The van der Waals surface area contributed by atoms with E-state index >= 15 is 0 Å². The van der Waals surface area contributed by atoms with Gasteiger partial charge >= 0.3 is 0 Å². The molecular weight excluding hydrogens is 425 g/mol. The number of benzene rings is 2. The van der Waals surface area contributed by atoms with E-state index in [1.165, 1.54) is 10.7 Å². The highest BCUT2D eigenvalue weighted by atomic mass is 35.5. The van der Waals surface area contributed by atoms with Crippen molar-refractivity contribution in [1.82, 2.24) is 15.0 Å². The zero-order valence-electron chi connectivity index (χ0n) is 14.5. The molecule has 2 aromatic carbocycles. The Kier molecular flexibility index (Phi) is 6.18. The van der Waals surface area contributed by atoms with E-state index in [-0.39, 0.29) is 18.1 Å². The van der Waals surface area contributed by atoms with Crippen LogP contribution in [-0.2, 0) is 11.3 Å². The molecule has 3 rings (SSSR count). The summed E-state index contributed by atoms with van der Waals surface area (Å²) in [6.45, 7) is 1.56. The van der Waals surface area contributed by atoms with E-state index in [1.54, 1.807) is 43.3 Å². The third kappa shape index (κ3) is 4.81. The van der Waals surface area contributed by atoms with Crippen molar-refractivity contribution in [2.45, 2.75) is 13.5 Å². The number of nitrogens with one attached hydrogen (secondary N) is 2. The average Bonchev–Trinajstić information content (AvgIpc) is 3.01. The topological polar surface area (TPSA) is 88.9 Å². The molecule has 2 N–H and O–H groups in total. The first-order valence-electron chi connectivity index (χ1n) is 8.05. The van der Waals surface area contributed by atoms with Crippen molar-refractivity contribution in [2.24, 2.45) is 0 Å². The molecule has 3 aromatic rings. The molecule has 2 amide bonds. The largest absolute Gasteiger partial charge is 0.324 e. The van der Waals surface area contributed by atoms with E-state index in [0.29, 0.717) is 32.1 Å². The third-order valence-corrected chi connectivity index (χ3v) is 4.79. The van der Waals surface area contributed by atoms with E-state index in [4.69, 9.17) is 34.8 Å². The summed E-state index contributed by atoms with van der Waals surface area (Å²) >= 11 is 17.6. The number of amides is 2. The van der Waals surface area contributed by atoms with Crippen LogP contribution in [0.3, 0.4) is 0 Å². The molecule has 144 valence electrons. The van der Waals surface area contributed by atoms with Crippen molar-refractivity contribution < 1.29 is 9.59 Å². The number of hydrogen-bond acceptors (Lipinski definition) is 4. The molecule has 0 atom stereocenters. The number of carbonyl (C=O) groups excluding carboxylic acids is 2. The van der Waals surface area contributed by atoms with E-state index in [1.807, 2.05) is 0 Å². The quantitative estimate of drug-likeness (QED) is 0.616. The first-order chi connectivity index (χ1) is 13.3. The lowest BCUT2D eigenvalue weighted by molar-refractivity contribution is -0.117. The number of aromatic nitrogens is 3. The van der Waals surface area contributed by atoms with E-state index in [9.17, 15) is 9.59 Å². The summed E-state index contributed by atoms with van der Waals surface area (Å²) in [5.41, 5.74) is 1.62. The number of anilines is 2. The van der Waals surface area contributed by atoms with Gasteiger partial charge in [-0.25, -0.2) is 4.68 Å². The summed E-state index contributed by atoms with van der Waals surface area (Å²) in [5, 5.41) is 14.4. The molecule has 0 aliphatic carbocycles. The fraction of sp³-hybridized carbons (Fsp3) is 0.111. The Morgan fingerprint density at radius 2 is 1.64 bits per heavy atom. The zero-order chi connectivity index (χ0) is 20.3. The lowest BCUT2D eigenvalue weighted by atomic mass is 10.2. The van der Waals surface area contributed by atoms with Gasteiger partial charge in [0.25, 0.3) is 5.91 Å². The molecule has 0 spiro atoms. The molecule has 10 heteroatoms. The molecule has 0 unspecified atom stereocenters. The Morgan fingerprint density at radius 1 is 0.964 bits per heavy atom. The monoisotopic (exact) mass is 437 g/mol. The van der Waals surface area contributed by atoms with E-state index in [2.05, 4.69) is 20.9 Å². The Morgan fingerprint density at radius 3 is 2.32 bits per heavy atom.